The van der Waals surface area contributed by atoms with Crippen molar-refractivity contribution in [2.24, 2.45) is 0 Å². The second kappa shape index (κ2) is 6.91. The number of halogens is 2. The molecule has 1 rings (SSSR count). The van der Waals surface area contributed by atoms with E-state index in [1.807, 2.05) is 6.92 Å². The maximum absolute atomic E-state index is 13.2. The molecule has 96 valence electrons. The third-order valence-electron chi connectivity index (χ3n) is 2.46. The highest BCUT2D eigenvalue weighted by Crippen LogP contribution is 2.19. The van der Waals surface area contributed by atoms with Crippen LogP contribution in [0.5, 0.6) is 0 Å². The van der Waals surface area contributed by atoms with Crippen LogP contribution in [0.4, 0.5) is 4.39 Å². The van der Waals surface area contributed by atoms with Crippen LogP contribution in [0.25, 0.3) is 0 Å². The van der Waals surface area contributed by atoms with E-state index in [0.717, 1.165) is 5.56 Å². The van der Waals surface area contributed by atoms with Crippen LogP contribution in [0.2, 0.25) is 5.02 Å². The quantitative estimate of drug-likeness (QED) is 0.824. The van der Waals surface area contributed by atoms with Gasteiger partial charge in [0.1, 0.15) is 5.82 Å². The van der Waals surface area contributed by atoms with E-state index in [2.05, 4.69) is 5.32 Å². The lowest BCUT2D eigenvalue weighted by Crippen LogP contribution is -2.31. The van der Waals surface area contributed by atoms with E-state index in [1.165, 1.54) is 19.2 Å². The first-order valence-corrected chi connectivity index (χ1v) is 5.77. The molecular formula is C12H17ClFNO2. The van der Waals surface area contributed by atoms with E-state index >= 15 is 0 Å². The van der Waals surface area contributed by atoms with Crippen molar-refractivity contribution in [3.05, 3.63) is 34.6 Å². The van der Waals surface area contributed by atoms with Gasteiger partial charge in [-0.15, -0.1) is 0 Å². The summed E-state index contributed by atoms with van der Waals surface area (Å²) in [6.07, 6.45) is -0.570. The summed E-state index contributed by atoms with van der Waals surface area (Å²) in [5, 5.41) is 12.7. The van der Waals surface area contributed by atoms with Gasteiger partial charge in [0, 0.05) is 19.7 Å². The van der Waals surface area contributed by atoms with Crippen LogP contribution in [0.3, 0.4) is 0 Å². The predicted octanol–water partition coefficient (Wildman–Crippen LogP) is 2.14. The molecule has 2 unspecified atom stereocenters. The molecular weight excluding hydrogens is 245 g/mol. The van der Waals surface area contributed by atoms with Crippen LogP contribution in [0.15, 0.2) is 18.2 Å². The summed E-state index contributed by atoms with van der Waals surface area (Å²) in [4.78, 5) is 0. The molecule has 1 aromatic carbocycles. The lowest BCUT2D eigenvalue weighted by atomic mass is 10.1. The lowest BCUT2D eigenvalue weighted by Gasteiger charge is -2.17. The molecule has 3 nitrogen and oxygen atoms in total. The minimum atomic E-state index is -0.570. The van der Waals surface area contributed by atoms with Gasteiger partial charge in [0.15, 0.2) is 0 Å². The molecule has 17 heavy (non-hydrogen) atoms. The molecule has 1 aromatic rings. The number of aliphatic hydroxyl groups excluding tert-OH is 1. The van der Waals surface area contributed by atoms with Crippen LogP contribution < -0.4 is 5.32 Å². The third-order valence-corrected chi connectivity index (χ3v) is 2.77. The van der Waals surface area contributed by atoms with Crippen molar-refractivity contribution in [1.82, 2.24) is 5.32 Å². The Bertz CT molecular complexity index is 362. The molecule has 2 atom stereocenters. The Kier molecular flexibility index (Phi) is 5.85. The van der Waals surface area contributed by atoms with E-state index in [-0.39, 0.29) is 17.7 Å². The first kappa shape index (κ1) is 14.4. The van der Waals surface area contributed by atoms with Crippen LogP contribution >= 0.6 is 11.6 Å². The van der Waals surface area contributed by atoms with Gasteiger partial charge in [0.25, 0.3) is 0 Å². The average Bonchev–Trinajstić information content (AvgIpc) is 2.30. The highest BCUT2D eigenvalue weighted by atomic mass is 35.5. The van der Waals surface area contributed by atoms with Crippen LogP contribution in [0.1, 0.15) is 18.5 Å². The summed E-state index contributed by atoms with van der Waals surface area (Å²) in [6.45, 7) is 2.55. The molecule has 0 saturated carbocycles. The molecule has 0 bridgehead atoms. The summed E-state index contributed by atoms with van der Waals surface area (Å²) in [5.74, 6) is -0.435. The number of ether oxygens (including phenoxy) is 1. The van der Waals surface area contributed by atoms with Gasteiger partial charge in [-0.3, -0.25) is 0 Å². The Labute approximate surface area is 106 Å². The van der Waals surface area contributed by atoms with Crippen molar-refractivity contribution in [3.8, 4) is 0 Å². The Morgan fingerprint density at radius 3 is 2.82 bits per heavy atom. The standard InChI is InChI=1S/C12H17ClFNO2/c1-8(15-6-10(16)7-17-2)9-3-4-11(13)12(14)5-9/h3-5,8,10,15-16H,6-7H2,1-2H3. The molecule has 0 aliphatic carbocycles. The Morgan fingerprint density at radius 2 is 2.24 bits per heavy atom. The molecule has 0 amide bonds. The van der Waals surface area contributed by atoms with Crippen LogP contribution in [0, 0.1) is 5.82 Å². The van der Waals surface area contributed by atoms with Crippen molar-refractivity contribution in [2.75, 3.05) is 20.3 Å². The summed E-state index contributed by atoms with van der Waals surface area (Å²) in [6, 6.07) is 4.61. The van der Waals surface area contributed by atoms with Gasteiger partial charge in [-0.05, 0) is 24.6 Å². The number of benzene rings is 1. The minimum Gasteiger partial charge on any atom is -0.389 e. The maximum Gasteiger partial charge on any atom is 0.142 e. The molecule has 5 heteroatoms. The highest BCUT2D eigenvalue weighted by Gasteiger charge is 2.10. The number of hydrogen-bond donors (Lipinski definition) is 2. The van der Waals surface area contributed by atoms with Gasteiger partial charge in [0.05, 0.1) is 17.7 Å². The van der Waals surface area contributed by atoms with Crippen molar-refractivity contribution in [1.29, 1.82) is 0 Å². The molecule has 0 fully saturated rings. The van der Waals surface area contributed by atoms with Gasteiger partial charge >= 0.3 is 0 Å². The second-order valence-corrected chi connectivity index (χ2v) is 4.32. The minimum absolute atomic E-state index is 0.0618. The second-order valence-electron chi connectivity index (χ2n) is 3.91. The van der Waals surface area contributed by atoms with Gasteiger partial charge in [-0.1, -0.05) is 17.7 Å². The maximum atomic E-state index is 13.2. The molecule has 0 aromatic heterocycles. The smallest absolute Gasteiger partial charge is 0.142 e. The van der Waals surface area contributed by atoms with Gasteiger partial charge in [-0.2, -0.15) is 0 Å². The summed E-state index contributed by atoms with van der Waals surface area (Å²) >= 11 is 5.60. The largest absolute Gasteiger partial charge is 0.389 e. The van der Waals surface area contributed by atoms with Crippen LogP contribution in [-0.4, -0.2) is 31.5 Å². The number of hydrogen-bond acceptors (Lipinski definition) is 3. The molecule has 2 N–H and O–H groups in total. The van der Waals surface area contributed by atoms with Crippen molar-refractivity contribution < 1.29 is 14.2 Å². The lowest BCUT2D eigenvalue weighted by molar-refractivity contribution is 0.0630. The van der Waals surface area contributed by atoms with Crippen molar-refractivity contribution >= 4 is 11.6 Å². The zero-order valence-electron chi connectivity index (χ0n) is 9.91. The van der Waals surface area contributed by atoms with Gasteiger partial charge < -0.3 is 15.2 Å². The molecule has 0 aliphatic rings. The van der Waals surface area contributed by atoms with E-state index in [9.17, 15) is 9.50 Å². The van der Waals surface area contributed by atoms with Gasteiger partial charge in [-0.25, -0.2) is 4.39 Å². The fraction of sp³-hybridized carbons (Fsp3) is 0.500. The first-order valence-electron chi connectivity index (χ1n) is 5.40. The Balaban J connectivity index is 2.52. The summed E-state index contributed by atoms with van der Waals surface area (Å²) in [5.41, 5.74) is 0.788. The molecule has 0 radical (unpaired) electrons. The van der Waals surface area contributed by atoms with E-state index in [4.69, 9.17) is 16.3 Å². The summed E-state index contributed by atoms with van der Waals surface area (Å²) < 4.78 is 18.0. The number of nitrogens with one attached hydrogen (secondary N) is 1. The molecule has 0 spiro atoms. The highest BCUT2D eigenvalue weighted by molar-refractivity contribution is 6.30. The van der Waals surface area contributed by atoms with Gasteiger partial charge in [0.2, 0.25) is 0 Å². The number of methoxy groups -OCH3 is 1. The normalized spacial score (nSPS) is 14.6. The number of rotatable bonds is 6. The molecule has 0 aliphatic heterocycles. The fourth-order valence-corrected chi connectivity index (χ4v) is 1.58. The van der Waals surface area contributed by atoms with E-state index < -0.39 is 11.9 Å². The van der Waals surface area contributed by atoms with Crippen LogP contribution in [-0.2, 0) is 4.74 Å². The zero-order chi connectivity index (χ0) is 12.8. The van der Waals surface area contributed by atoms with E-state index in [0.29, 0.717) is 6.54 Å². The topological polar surface area (TPSA) is 41.5 Å². The Hall–Kier alpha value is -0.680. The SMILES string of the molecule is COCC(O)CNC(C)c1ccc(Cl)c(F)c1. The van der Waals surface area contributed by atoms with Crippen molar-refractivity contribution in [3.63, 3.8) is 0 Å². The van der Waals surface area contributed by atoms with E-state index in [1.54, 1.807) is 6.07 Å². The monoisotopic (exact) mass is 261 g/mol. The van der Waals surface area contributed by atoms with Crippen molar-refractivity contribution in [2.45, 2.75) is 19.1 Å². The third kappa shape index (κ3) is 4.60. The molecule has 0 saturated heterocycles. The average molecular weight is 262 g/mol. The first-order chi connectivity index (χ1) is 8.04. The summed E-state index contributed by atoms with van der Waals surface area (Å²) in [7, 11) is 1.53. The zero-order valence-corrected chi connectivity index (χ0v) is 10.7. The molecule has 0 heterocycles. The number of aliphatic hydroxyl groups is 1. The Morgan fingerprint density at radius 1 is 1.53 bits per heavy atom. The predicted molar refractivity (Wildman–Crippen MR) is 65.7 cm³/mol. The fourth-order valence-electron chi connectivity index (χ4n) is 1.46.